The molecule has 19 heavy (non-hydrogen) atoms. The summed E-state index contributed by atoms with van der Waals surface area (Å²) in [5, 5.41) is 2.91. The molecule has 6 nitrogen and oxygen atoms in total. The molecule has 0 spiro atoms. The predicted octanol–water partition coefficient (Wildman–Crippen LogP) is 1.17. The van der Waals surface area contributed by atoms with Gasteiger partial charge in [0, 0.05) is 25.1 Å². The van der Waals surface area contributed by atoms with Gasteiger partial charge in [-0.25, -0.2) is 4.98 Å². The van der Waals surface area contributed by atoms with Crippen molar-refractivity contribution < 1.29 is 4.79 Å². The van der Waals surface area contributed by atoms with Gasteiger partial charge in [0.1, 0.15) is 11.6 Å². The summed E-state index contributed by atoms with van der Waals surface area (Å²) in [7, 11) is 0. The Kier molecular flexibility index (Phi) is 5.54. The molecule has 0 aromatic carbocycles. The Labute approximate surface area is 113 Å². The third kappa shape index (κ3) is 4.39. The zero-order valence-electron chi connectivity index (χ0n) is 12.0. The molecule has 0 radical (unpaired) electrons. The van der Waals surface area contributed by atoms with Gasteiger partial charge in [0.15, 0.2) is 0 Å². The number of aromatic amines is 1. The first kappa shape index (κ1) is 15.2. The number of rotatable bonds is 6. The average molecular weight is 266 g/mol. The number of nitrogens with zero attached hydrogens (tertiary/aromatic N) is 2. The van der Waals surface area contributed by atoms with Crippen LogP contribution in [-0.4, -0.2) is 40.4 Å². The van der Waals surface area contributed by atoms with Crippen molar-refractivity contribution in [2.24, 2.45) is 0 Å². The normalized spacial score (nSPS) is 10.6. The molecule has 1 heterocycles. The molecule has 1 aromatic rings. The molecule has 0 unspecified atom stereocenters. The highest BCUT2D eigenvalue weighted by molar-refractivity contribution is 5.80. The van der Waals surface area contributed by atoms with Gasteiger partial charge in [0.25, 0.3) is 5.56 Å². The standard InChI is InChI=1S/C13H22N4O2/c1-5-17(6-2)12(19)8-14-10-7-11(18)16-13(15-10)9(3)4/h7,9H,5-6,8H2,1-4H3,(H2,14,15,16,18). The maximum atomic E-state index is 11.8. The summed E-state index contributed by atoms with van der Waals surface area (Å²) in [4.78, 5) is 32.0. The van der Waals surface area contributed by atoms with Crippen molar-refractivity contribution in [2.45, 2.75) is 33.6 Å². The molecule has 0 atom stereocenters. The Hall–Kier alpha value is -1.85. The number of carbonyl (C=O) groups is 1. The maximum absolute atomic E-state index is 11.8. The Bertz CT molecular complexity index is 478. The van der Waals surface area contributed by atoms with Crippen molar-refractivity contribution in [1.82, 2.24) is 14.9 Å². The molecule has 0 saturated carbocycles. The van der Waals surface area contributed by atoms with E-state index in [1.165, 1.54) is 6.07 Å². The van der Waals surface area contributed by atoms with Gasteiger partial charge in [-0.1, -0.05) is 13.8 Å². The summed E-state index contributed by atoms with van der Waals surface area (Å²) in [6.07, 6.45) is 0. The molecule has 1 amide bonds. The van der Waals surface area contributed by atoms with Crippen LogP contribution in [0.25, 0.3) is 0 Å². The number of anilines is 1. The van der Waals surface area contributed by atoms with E-state index in [1.54, 1.807) is 4.90 Å². The molecular weight excluding hydrogens is 244 g/mol. The Balaban J connectivity index is 2.73. The number of carbonyl (C=O) groups excluding carboxylic acids is 1. The lowest BCUT2D eigenvalue weighted by Gasteiger charge is -2.19. The van der Waals surface area contributed by atoms with Crippen molar-refractivity contribution in [3.05, 3.63) is 22.2 Å². The van der Waals surface area contributed by atoms with Crippen LogP contribution < -0.4 is 10.9 Å². The largest absolute Gasteiger partial charge is 0.361 e. The lowest BCUT2D eigenvalue weighted by molar-refractivity contribution is -0.128. The zero-order chi connectivity index (χ0) is 14.4. The van der Waals surface area contributed by atoms with Gasteiger partial charge in [-0.15, -0.1) is 0 Å². The lowest BCUT2D eigenvalue weighted by atomic mass is 10.2. The van der Waals surface area contributed by atoms with E-state index < -0.39 is 0 Å². The van der Waals surface area contributed by atoms with Crippen LogP contribution >= 0.6 is 0 Å². The summed E-state index contributed by atoms with van der Waals surface area (Å²) in [6, 6.07) is 1.36. The average Bonchev–Trinajstić information content (AvgIpc) is 2.37. The van der Waals surface area contributed by atoms with Gasteiger partial charge in [-0.3, -0.25) is 9.59 Å². The minimum atomic E-state index is -0.212. The van der Waals surface area contributed by atoms with Crippen LogP contribution in [0, 0.1) is 0 Å². The van der Waals surface area contributed by atoms with Crippen LogP contribution in [0.15, 0.2) is 10.9 Å². The zero-order valence-corrected chi connectivity index (χ0v) is 12.0. The summed E-state index contributed by atoms with van der Waals surface area (Å²) < 4.78 is 0. The number of hydrogen-bond donors (Lipinski definition) is 2. The molecule has 106 valence electrons. The summed E-state index contributed by atoms with van der Waals surface area (Å²) >= 11 is 0. The summed E-state index contributed by atoms with van der Waals surface area (Å²) in [6.45, 7) is 9.27. The quantitative estimate of drug-likeness (QED) is 0.810. The van der Waals surface area contributed by atoms with Crippen LogP contribution in [0.4, 0.5) is 5.82 Å². The molecule has 0 bridgehead atoms. The first-order chi connectivity index (χ1) is 8.97. The molecule has 1 aromatic heterocycles. The van der Waals surface area contributed by atoms with E-state index >= 15 is 0 Å². The van der Waals surface area contributed by atoms with Crippen LogP contribution in [0.2, 0.25) is 0 Å². The van der Waals surface area contributed by atoms with E-state index in [1.807, 2.05) is 27.7 Å². The van der Waals surface area contributed by atoms with Gasteiger partial charge in [0.05, 0.1) is 6.54 Å². The second-order valence-electron chi connectivity index (χ2n) is 4.59. The van der Waals surface area contributed by atoms with Gasteiger partial charge < -0.3 is 15.2 Å². The van der Waals surface area contributed by atoms with Crippen LogP contribution in [0.5, 0.6) is 0 Å². The second-order valence-corrected chi connectivity index (χ2v) is 4.59. The highest BCUT2D eigenvalue weighted by Gasteiger charge is 2.10. The monoisotopic (exact) mass is 266 g/mol. The fourth-order valence-electron chi connectivity index (χ4n) is 1.69. The predicted molar refractivity (Wildman–Crippen MR) is 75.4 cm³/mol. The lowest BCUT2D eigenvalue weighted by Crippen LogP contribution is -2.35. The fraction of sp³-hybridized carbons (Fsp3) is 0.615. The van der Waals surface area contributed by atoms with Crippen molar-refractivity contribution in [1.29, 1.82) is 0 Å². The smallest absolute Gasteiger partial charge is 0.252 e. The van der Waals surface area contributed by atoms with E-state index in [4.69, 9.17) is 0 Å². The van der Waals surface area contributed by atoms with Crippen molar-refractivity contribution in [3.63, 3.8) is 0 Å². The molecule has 6 heteroatoms. The SMILES string of the molecule is CCN(CC)C(=O)CNc1cc(=O)[nH]c(C(C)C)n1. The number of likely N-dealkylation sites (N-methyl/N-ethyl adjacent to an activating group) is 1. The van der Waals surface area contributed by atoms with Crippen LogP contribution in [-0.2, 0) is 4.79 Å². The molecule has 0 aliphatic rings. The van der Waals surface area contributed by atoms with Gasteiger partial charge >= 0.3 is 0 Å². The van der Waals surface area contributed by atoms with E-state index in [0.29, 0.717) is 24.7 Å². The number of hydrogen-bond acceptors (Lipinski definition) is 4. The Morgan fingerprint density at radius 1 is 1.42 bits per heavy atom. The highest BCUT2D eigenvalue weighted by atomic mass is 16.2. The van der Waals surface area contributed by atoms with Crippen molar-refractivity contribution >= 4 is 11.7 Å². The first-order valence-corrected chi connectivity index (χ1v) is 6.60. The second kappa shape index (κ2) is 6.92. The number of nitrogens with one attached hydrogen (secondary N) is 2. The minimum Gasteiger partial charge on any atom is -0.361 e. The fourth-order valence-corrected chi connectivity index (χ4v) is 1.69. The number of H-pyrrole nitrogens is 1. The Morgan fingerprint density at radius 2 is 2.05 bits per heavy atom. The van der Waals surface area contributed by atoms with Gasteiger partial charge in [-0.05, 0) is 13.8 Å². The van der Waals surface area contributed by atoms with Crippen LogP contribution in [0.3, 0.4) is 0 Å². The van der Waals surface area contributed by atoms with Crippen molar-refractivity contribution in [2.75, 3.05) is 25.0 Å². The summed E-state index contributed by atoms with van der Waals surface area (Å²) in [5.41, 5.74) is -0.212. The van der Waals surface area contributed by atoms with E-state index in [0.717, 1.165) is 0 Å². The molecule has 0 aliphatic heterocycles. The topological polar surface area (TPSA) is 78.1 Å². The third-order valence-electron chi connectivity index (χ3n) is 2.84. The van der Waals surface area contributed by atoms with Crippen LogP contribution in [0.1, 0.15) is 39.4 Å². The third-order valence-corrected chi connectivity index (χ3v) is 2.84. The molecule has 1 rings (SSSR count). The molecular formula is C13H22N4O2. The van der Waals surface area contributed by atoms with E-state index in [9.17, 15) is 9.59 Å². The number of aromatic nitrogens is 2. The Morgan fingerprint density at radius 3 is 2.58 bits per heavy atom. The highest BCUT2D eigenvalue weighted by Crippen LogP contribution is 2.08. The van der Waals surface area contributed by atoms with E-state index in [2.05, 4.69) is 15.3 Å². The van der Waals surface area contributed by atoms with E-state index in [-0.39, 0.29) is 23.9 Å². The summed E-state index contributed by atoms with van der Waals surface area (Å²) in [5.74, 6) is 1.18. The van der Waals surface area contributed by atoms with Gasteiger partial charge in [0.2, 0.25) is 5.91 Å². The maximum Gasteiger partial charge on any atom is 0.252 e. The number of amides is 1. The van der Waals surface area contributed by atoms with Crippen molar-refractivity contribution in [3.8, 4) is 0 Å². The molecule has 0 fully saturated rings. The molecule has 2 N–H and O–H groups in total. The van der Waals surface area contributed by atoms with Gasteiger partial charge in [-0.2, -0.15) is 0 Å². The molecule has 0 aliphatic carbocycles. The molecule has 0 saturated heterocycles. The first-order valence-electron chi connectivity index (χ1n) is 6.60. The minimum absolute atomic E-state index is 0.00169.